The van der Waals surface area contributed by atoms with Gasteiger partial charge in [-0.3, -0.25) is 10.6 Å². The summed E-state index contributed by atoms with van der Waals surface area (Å²) in [7, 11) is 0. The SMILES string of the molecule is CC(C)C1CCCCC1NC(=O)c1ccc(NN)cc1. The zero-order valence-electron chi connectivity index (χ0n) is 12.4. The number of nitrogens with two attached hydrogens (primary N) is 1. The summed E-state index contributed by atoms with van der Waals surface area (Å²) in [6.45, 7) is 4.49. The van der Waals surface area contributed by atoms with Crippen LogP contribution in [-0.4, -0.2) is 11.9 Å². The molecule has 20 heavy (non-hydrogen) atoms. The molecule has 1 amide bonds. The number of rotatable bonds is 4. The van der Waals surface area contributed by atoms with Crippen LogP contribution in [0, 0.1) is 11.8 Å². The molecule has 1 aliphatic rings. The molecule has 0 saturated heterocycles. The Kier molecular flexibility index (Phi) is 5.01. The van der Waals surface area contributed by atoms with Gasteiger partial charge in [0.05, 0.1) is 0 Å². The summed E-state index contributed by atoms with van der Waals surface area (Å²) in [5, 5.41) is 3.21. The van der Waals surface area contributed by atoms with Crippen molar-refractivity contribution in [2.75, 3.05) is 5.43 Å². The van der Waals surface area contributed by atoms with Gasteiger partial charge in [0.2, 0.25) is 0 Å². The lowest BCUT2D eigenvalue weighted by molar-refractivity contribution is 0.0889. The van der Waals surface area contributed by atoms with Crippen molar-refractivity contribution >= 4 is 11.6 Å². The maximum absolute atomic E-state index is 12.3. The highest BCUT2D eigenvalue weighted by molar-refractivity contribution is 5.94. The van der Waals surface area contributed by atoms with E-state index in [2.05, 4.69) is 24.6 Å². The van der Waals surface area contributed by atoms with E-state index in [1.165, 1.54) is 19.3 Å². The Balaban J connectivity index is 2.01. The zero-order valence-corrected chi connectivity index (χ0v) is 12.4. The Morgan fingerprint density at radius 2 is 1.85 bits per heavy atom. The van der Waals surface area contributed by atoms with Crippen molar-refractivity contribution in [2.45, 2.75) is 45.6 Å². The minimum absolute atomic E-state index is 0.0196. The van der Waals surface area contributed by atoms with Crippen LogP contribution in [0.5, 0.6) is 0 Å². The lowest BCUT2D eigenvalue weighted by Crippen LogP contribution is -2.43. The lowest BCUT2D eigenvalue weighted by atomic mass is 9.78. The van der Waals surface area contributed by atoms with E-state index in [-0.39, 0.29) is 5.91 Å². The number of hydrogen-bond donors (Lipinski definition) is 3. The van der Waals surface area contributed by atoms with Crippen LogP contribution in [0.4, 0.5) is 5.69 Å². The van der Waals surface area contributed by atoms with E-state index in [0.29, 0.717) is 23.4 Å². The summed E-state index contributed by atoms with van der Waals surface area (Å²) in [6.07, 6.45) is 4.81. The van der Waals surface area contributed by atoms with Gasteiger partial charge in [-0.1, -0.05) is 26.7 Å². The van der Waals surface area contributed by atoms with Gasteiger partial charge in [0.25, 0.3) is 5.91 Å². The number of anilines is 1. The largest absolute Gasteiger partial charge is 0.349 e. The second kappa shape index (κ2) is 6.75. The zero-order chi connectivity index (χ0) is 14.5. The summed E-state index contributed by atoms with van der Waals surface area (Å²) in [5.74, 6) is 6.56. The molecule has 110 valence electrons. The highest BCUT2D eigenvalue weighted by Crippen LogP contribution is 2.30. The minimum atomic E-state index is 0.0196. The summed E-state index contributed by atoms with van der Waals surface area (Å²) in [5.41, 5.74) is 4.06. The summed E-state index contributed by atoms with van der Waals surface area (Å²) in [6, 6.07) is 7.55. The maximum Gasteiger partial charge on any atom is 0.251 e. The monoisotopic (exact) mass is 275 g/mol. The van der Waals surface area contributed by atoms with Crippen molar-refractivity contribution in [1.82, 2.24) is 5.32 Å². The van der Waals surface area contributed by atoms with Crippen LogP contribution in [-0.2, 0) is 0 Å². The maximum atomic E-state index is 12.3. The van der Waals surface area contributed by atoms with Crippen molar-refractivity contribution in [2.24, 2.45) is 17.7 Å². The van der Waals surface area contributed by atoms with E-state index in [0.717, 1.165) is 12.1 Å². The molecule has 0 heterocycles. The van der Waals surface area contributed by atoms with E-state index < -0.39 is 0 Å². The van der Waals surface area contributed by atoms with E-state index in [9.17, 15) is 4.79 Å². The average Bonchev–Trinajstić information content (AvgIpc) is 2.47. The molecule has 4 N–H and O–H groups in total. The fourth-order valence-corrected chi connectivity index (χ4v) is 3.11. The fourth-order valence-electron chi connectivity index (χ4n) is 3.11. The molecule has 0 radical (unpaired) electrons. The number of hydrogen-bond acceptors (Lipinski definition) is 3. The molecule has 1 aromatic carbocycles. The molecule has 2 rings (SSSR count). The molecule has 1 saturated carbocycles. The number of carbonyl (C=O) groups is 1. The topological polar surface area (TPSA) is 67.2 Å². The molecule has 1 aliphatic carbocycles. The van der Waals surface area contributed by atoms with Gasteiger partial charge in [-0.25, -0.2) is 0 Å². The minimum Gasteiger partial charge on any atom is -0.349 e. The van der Waals surface area contributed by atoms with E-state index in [1.54, 1.807) is 12.1 Å². The Bertz CT molecular complexity index is 442. The number of carbonyl (C=O) groups excluding carboxylic acids is 1. The number of nitrogen functional groups attached to an aromatic ring is 1. The predicted molar refractivity (Wildman–Crippen MR) is 82.3 cm³/mol. The van der Waals surface area contributed by atoms with Crippen LogP contribution < -0.4 is 16.6 Å². The van der Waals surface area contributed by atoms with Crippen LogP contribution >= 0.6 is 0 Å². The highest BCUT2D eigenvalue weighted by atomic mass is 16.1. The molecular weight excluding hydrogens is 250 g/mol. The molecule has 2 unspecified atom stereocenters. The second-order valence-electron chi connectivity index (χ2n) is 5.99. The molecule has 1 aromatic rings. The standard InChI is InChI=1S/C16H25N3O/c1-11(2)14-5-3-4-6-15(14)18-16(20)12-7-9-13(19-17)10-8-12/h7-11,14-15,19H,3-6,17H2,1-2H3,(H,18,20). The van der Waals surface area contributed by atoms with E-state index >= 15 is 0 Å². The van der Waals surface area contributed by atoms with Crippen LogP contribution in [0.25, 0.3) is 0 Å². The summed E-state index contributed by atoms with van der Waals surface area (Å²) >= 11 is 0. The molecule has 0 aromatic heterocycles. The molecular formula is C16H25N3O. The van der Waals surface area contributed by atoms with Crippen molar-refractivity contribution in [3.8, 4) is 0 Å². The smallest absolute Gasteiger partial charge is 0.251 e. The molecule has 0 bridgehead atoms. The third-order valence-electron chi connectivity index (χ3n) is 4.31. The van der Waals surface area contributed by atoms with Gasteiger partial charge in [0, 0.05) is 17.3 Å². The van der Waals surface area contributed by atoms with Crippen molar-refractivity contribution < 1.29 is 4.79 Å². The van der Waals surface area contributed by atoms with Crippen LogP contribution in [0.15, 0.2) is 24.3 Å². The lowest BCUT2D eigenvalue weighted by Gasteiger charge is -2.34. The molecule has 4 nitrogen and oxygen atoms in total. The Hall–Kier alpha value is -1.55. The number of amides is 1. The van der Waals surface area contributed by atoms with Gasteiger partial charge in [0.1, 0.15) is 0 Å². The first-order valence-corrected chi connectivity index (χ1v) is 7.49. The summed E-state index contributed by atoms with van der Waals surface area (Å²) < 4.78 is 0. The normalized spacial score (nSPS) is 22.6. The van der Waals surface area contributed by atoms with Gasteiger partial charge in [-0.2, -0.15) is 0 Å². The first-order valence-electron chi connectivity index (χ1n) is 7.49. The predicted octanol–water partition coefficient (Wildman–Crippen LogP) is 2.92. The average molecular weight is 275 g/mol. The van der Waals surface area contributed by atoms with Gasteiger partial charge in [0.15, 0.2) is 0 Å². The molecule has 0 aliphatic heterocycles. The number of hydrazine groups is 1. The van der Waals surface area contributed by atoms with Gasteiger partial charge >= 0.3 is 0 Å². The molecule has 1 fully saturated rings. The Morgan fingerprint density at radius 3 is 2.45 bits per heavy atom. The highest BCUT2D eigenvalue weighted by Gasteiger charge is 2.28. The van der Waals surface area contributed by atoms with E-state index in [4.69, 9.17) is 5.84 Å². The fraction of sp³-hybridized carbons (Fsp3) is 0.562. The second-order valence-corrected chi connectivity index (χ2v) is 5.99. The van der Waals surface area contributed by atoms with Crippen LogP contribution in [0.1, 0.15) is 49.9 Å². The van der Waals surface area contributed by atoms with Crippen molar-refractivity contribution in [3.63, 3.8) is 0 Å². The van der Waals surface area contributed by atoms with Crippen LogP contribution in [0.2, 0.25) is 0 Å². The van der Waals surface area contributed by atoms with Crippen molar-refractivity contribution in [3.05, 3.63) is 29.8 Å². The molecule has 4 heteroatoms. The Labute approximate surface area is 121 Å². The van der Waals surface area contributed by atoms with Crippen LogP contribution in [0.3, 0.4) is 0 Å². The molecule has 0 spiro atoms. The quantitative estimate of drug-likeness (QED) is 0.584. The Morgan fingerprint density at radius 1 is 1.20 bits per heavy atom. The van der Waals surface area contributed by atoms with Gasteiger partial charge < -0.3 is 10.7 Å². The number of nitrogens with one attached hydrogen (secondary N) is 2. The van der Waals surface area contributed by atoms with Gasteiger partial charge in [-0.15, -0.1) is 0 Å². The number of benzene rings is 1. The third-order valence-corrected chi connectivity index (χ3v) is 4.31. The third kappa shape index (κ3) is 3.51. The first-order chi connectivity index (χ1) is 9.61. The van der Waals surface area contributed by atoms with E-state index in [1.807, 2.05) is 12.1 Å². The summed E-state index contributed by atoms with van der Waals surface area (Å²) in [4.78, 5) is 12.3. The van der Waals surface area contributed by atoms with Gasteiger partial charge in [-0.05, 0) is 48.9 Å². The molecule has 2 atom stereocenters. The van der Waals surface area contributed by atoms with Crippen molar-refractivity contribution in [1.29, 1.82) is 0 Å². The first kappa shape index (κ1) is 14.9.